The summed E-state index contributed by atoms with van der Waals surface area (Å²) in [5.41, 5.74) is 1.56. The molecule has 0 bridgehead atoms. The fourth-order valence-corrected chi connectivity index (χ4v) is 1.64. The molecule has 0 saturated heterocycles. The van der Waals surface area contributed by atoms with Crippen molar-refractivity contribution in [1.29, 1.82) is 0 Å². The molecule has 0 spiro atoms. The SMILES string of the molecule is Cc1ccc(NC(=O)c2c([N+](=O)[O-])ncn2C)cc1. The number of aromatic nitrogens is 2. The van der Waals surface area contributed by atoms with Gasteiger partial charge in [0.1, 0.15) is 0 Å². The van der Waals surface area contributed by atoms with Gasteiger partial charge >= 0.3 is 5.82 Å². The van der Waals surface area contributed by atoms with Crippen molar-refractivity contribution in [3.8, 4) is 0 Å². The van der Waals surface area contributed by atoms with E-state index in [1.807, 2.05) is 19.1 Å². The highest BCUT2D eigenvalue weighted by Gasteiger charge is 2.26. The van der Waals surface area contributed by atoms with E-state index in [-0.39, 0.29) is 5.69 Å². The first kappa shape index (κ1) is 12.7. The van der Waals surface area contributed by atoms with Crippen LogP contribution in [0.4, 0.5) is 11.5 Å². The van der Waals surface area contributed by atoms with Crippen LogP contribution in [0.25, 0.3) is 0 Å². The first-order valence-electron chi connectivity index (χ1n) is 5.53. The highest BCUT2D eigenvalue weighted by Crippen LogP contribution is 2.17. The van der Waals surface area contributed by atoms with Crippen molar-refractivity contribution >= 4 is 17.4 Å². The molecule has 19 heavy (non-hydrogen) atoms. The van der Waals surface area contributed by atoms with Crippen LogP contribution in [0.15, 0.2) is 30.6 Å². The van der Waals surface area contributed by atoms with Gasteiger partial charge in [-0.2, -0.15) is 0 Å². The number of imidazole rings is 1. The van der Waals surface area contributed by atoms with Gasteiger partial charge in [-0.25, -0.2) is 0 Å². The Labute approximate surface area is 109 Å². The number of hydrogen-bond donors (Lipinski definition) is 1. The van der Waals surface area contributed by atoms with E-state index in [1.165, 1.54) is 17.9 Å². The van der Waals surface area contributed by atoms with Gasteiger partial charge in [0, 0.05) is 12.7 Å². The third-order valence-electron chi connectivity index (χ3n) is 2.62. The largest absolute Gasteiger partial charge is 0.394 e. The van der Waals surface area contributed by atoms with Crippen LogP contribution in [0.3, 0.4) is 0 Å². The molecule has 1 aromatic heterocycles. The number of carbonyl (C=O) groups is 1. The van der Waals surface area contributed by atoms with Crippen molar-refractivity contribution < 1.29 is 9.72 Å². The lowest BCUT2D eigenvalue weighted by molar-refractivity contribution is -0.389. The number of hydrogen-bond acceptors (Lipinski definition) is 4. The predicted molar refractivity (Wildman–Crippen MR) is 69.0 cm³/mol. The molecule has 98 valence electrons. The predicted octanol–water partition coefficient (Wildman–Crippen LogP) is 1.89. The minimum atomic E-state index is -0.677. The Balaban J connectivity index is 2.27. The van der Waals surface area contributed by atoms with Gasteiger partial charge in [0.15, 0.2) is 0 Å². The number of carbonyl (C=O) groups excluding carboxylic acids is 1. The average molecular weight is 260 g/mol. The smallest absolute Gasteiger partial charge is 0.358 e. The molecule has 1 N–H and O–H groups in total. The monoisotopic (exact) mass is 260 g/mol. The molecule has 1 heterocycles. The molecule has 2 rings (SSSR count). The van der Waals surface area contributed by atoms with E-state index in [0.29, 0.717) is 5.69 Å². The summed E-state index contributed by atoms with van der Waals surface area (Å²) in [7, 11) is 1.53. The van der Waals surface area contributed by atoms with Gasteiger partial charge in [0.25, 0.3) is 5.91 Å². The summed E-state index contributed by atoms with van der Waals surface area (Å²) in [5, 5.41) is 13.4. The minimum absolute atomic E-state index is 0.0782. The fraction of sp³-hybridized carbons (Fsp3) is 0.167. The number of anilines is 1. The lowest BCUT2D eigenvalue weighted by Gasteiger charge is -2.05. The Morgan fingerprint density at radius 1 is 1.37 bits per heavy atom. The van der Waals surface area contributed by atoms with Crippen molar-refractivity contribution in [2.45, 2.75) is 6.92 Å². The van der Waals surface area contributed by atoms with Crippen molar-refractivity contribution in [1.82, 2.24) is 9.55 Å². The second-order valence-corrected chi connectivity index (χ2v) is 4.10. The molecule has 0 aliphatic rings. The molecule has 2 aromatic rings. The summed E-state index contributed by atoms with van der Waals surface area (Å²) in [6.45, 7) is 1.93. The number of nitrogens with one attached hydrogen (secondary N) is 1. The van der Waals surface area contributed by atoms with Crippen LogP contribution in [-0.2, 0) is 7.05 Å². The topological polar surface area (TPSA) is 90.1 Å². The third-order valence-corrected chi connectivity index (χ3v) is 2.62. The molecule has 0 aliphatic heterocycles. The standard InChI is InChI=1S/C12H12N4O3/c1-8-3-5-9(6-4-8)14-12(17)10-11(16(18)19)13-7-15(10)2/h3-7H,1-2H3,(H,14,17). The minimum Gasteiger partial charge on any atom is -0.358 e. The van der Waals surface area contributed by atoms with Gasteiger partial charge in [-0.15, -0.1) is 0 Å². The summed E-state index contributed by atoms with van der Waals surface area (Å²) >= 11 is 0. The number of aryl methyl sites for hydroxylation is 2. The summed E-state index contributed by atoms with van der Waals surface area (Å²) < 4.78 is 1.32. The number of benzene rings is 1. The van der Waals surface area contributed by atoms with E-state index in [2.05, 4.69) is 10.3 Å². The van der Waals surface area contributed by atoms with E-state index >= 15 is 0 Å². The molecule has 0 atom stereocenters. The lowest BCUT2D eigenvalue weighted by Crippen LogP contribution is -2.17. The molecule has 0 saturated carbocycles. The second-order valence-electron chi connectivity index (χ2n) is 4.10. The van der Waals surface area contributed by atoms with Gasteiger partial charge in [-0.3, -0.25) is 4.79 Å². The van der Waals surface area contributed by atoms with E-state index in [0.717, 1.165) is 5.56 Å². The maximum atomic E-state index is 12.0. The summed E-state index contributed by atoms with van der Waals surface area (Å²) in [6.07, 6.45) is 1.24. The molecule has 0 fully saturated rings. The lowest BCUT2D eigenvalue weighted by atomic mass is 10.2. The molecule has 0 aliphatic carbocycles. The molecule has 0 radical (unpaired) electrons. The fourth-order valence-electron chi connectivity index (χ4n) is 1.64. The van der Waals surface area contributed by atoms with E-state index in [9.17, 15) is 14.9 Å². The van der Waals surface area contributed by atoms with Crippen LogP contribution < -0.4 is 5.32 Å². The maximum Gasteiger partial charge on any atom is 0.394 e. The summed E-state index contributed by atoms with van der Waals surface area (Å²) in [6, 6.07) is 7.14. The van der Waals surface area contributed by atoms with Gasteiger partial charge in [0.2, 0.25) is 12.0 Å². The second kappa shape index (κ2) is 4.89. The molecular weight excluding hydrogens is 248 g/mol. The van der Waals surface area contributed by atoms with E-state index in [1.54, 1.807) is 12.1 Å². The summed E-state index contributed by atoms with van der Waals surface area (Å²) in [5.74, 6) is -1.01. The number of rotatable bonds is 3. The average Bonchev–Trinajstić information content (AvgIpc) is 2.74. The molecule has 1 amide bonds. The Morgan fingerprint density at radius 3 is 2.58 bits per heavy atom. The van der Waals surface area contributed by atoms with Crippen LogP contribution in [0.1, 0.15) is 16.1 Å². The number of amides is 1. The van der Waals surface area contributed by atoms with Crippen molar-refractivity contribution in [3.63, 3.8) is 0 Å². The van der Waals surface area contributed by atoms with E-state index in [4.69, 9.17) is 0 Å². The highest BCUT2D eigenvalue weighted by atomic mass is 16.6. The van der Waals surface area contributed by atoms with Gasteiger partial charge in [-0.05, 0) is 29.0 Å². The first-order chi connectivity index (χ1) is 8.99. The van der Waals surface area contributed by atoms with Gasteiger partial charge < -0.3 is 20.0 Å². The molecule has 0 unspecified atom stereocenters. The van der Waals surface area contributed by atoms with Crippen molar-refractivity contribution in [3.05, 3.63) is 52.0 Å². The zero-order chi connectivity index (χ0) is 14.0. The van der Waals surface area contributed by atoms with Crippen LogP contribution in [0.2, 0.25) is 0 Å². The van der Waals surface area contributed by atoms with Crippen LogP contribution in [-0.4, -0.2) is 20.4 Å². The van der Waals surface area contributed by atoms with Gasteiger partial charge in [0.05, 0.1) is 0 Å². The number of nitrogens with zero attached hydrogens (tertiary/aromatic N) is 3. The van der Waals surface area contributed by atoms with E-state index < -0.39 is 16.6 Å². The Morgan fingerprint density at radius 2 is 2.00 bits per heavy atom. The third kappa shape index (κ3) is 2.59. The van der Waals surface area contributed by atoms with Crippen molar-refractivity contribution in [2.75, 3.05) is 5.32 Å². The van der Waals surface area contributed by atoms with Crippen molar-refractivity contribution in [2.24, 2.45) is 7.05 Å². The Hall–Kier alpha value is -2.70. The first-order valence-corrected chi connectivity index (χ1v) is 5.53. The highest BCUT2D eigenvalue weighted by molar-refractivity contribution is 6.05. The zero-order valence-corrected chi connectivity index (χ0v) is 10.5. The molecular formula is C12H12N4O3. The van der Waals surface area contributed by atoms with Crippen LogP contribution in [0, 0.1) is 17.0 Å². The zero-order valence-electron chi connectivity index (χ0n) is 10.5. The van der Waals surface area contributed by atoms with Crippen LogP contribution >= 0.6 is 0 Å². The normalized spacial score (nSPS) is 10.2. The molecule has 7 nitrogen and oxygen atoms in total. The van der Waals surface area contributed by atoms with Crippen LogP contribution in [0.5, 0.6) is 0 Å². The number of nitro groups is 1. The van der Waals surface area contributed by atoms with Gasteiger partial charge in [-0.1, -0.05) is 17.7 Å². The molecule has 1 aromatic carbocycles. The Bertz CT molecular complexity index is 631. The maximum absolute atomic E-state index is 12.0. The quantitative estimate of drug-likeness (QED) is 0.674. The molecule has 7 heteroatoms. The summed E-state index contributed by atoms with van der Waals surface area (Å²) in [4.78, 5) is 25.7. The Kier molecular flexibility index (Phi) is 3.28.